The minimum Gasteiger partial charge on any atom is -0.324 e. The topological polar surface area (TPSA) is 68.0 Å². The third-order valence-electron chi connectivity index (χ3n) is 1.97. The number of nitrogens with two attached hydrogens (primary N) is 1. The Morgan fingerprint density at radius 2 is 2.47 bits per heavy atom. The second-order valence-corrected chi connectivity index (χ2v) is 4.09. The molecule has 0 bridgehead atoms. The van der Waals surface area contributed by atoms with Gasteiger partial charge in [0, 0.05) is 12.4 Å². The number of hydrogen-bond donors (Lipinski definition) is 2. The van der Waals surface area contributed by atoms with Crippen molar-refractivity contribution in [2.45, 2.75) is 25.8 Å². The van der Waals surface area contributed by atoms with Gasteiger partial charge in [-0.3, -0.25) is 9.78 Å². The van der Waals surface area contributed by atoms with Crippen molar-refractivity contribution >= 4 is 27.5 Å². The van der Waals surface area contributed by atoms with Gasteiger partial charge in [-0.1, -0.05) is 13.3 Å². The van der Waals surface area contributed by atoms with Gasteiger partial charge in [-0.25, -0.2) is 0 Å². The maximum atomic E-state index is 11.6. The molecule has 1 heterocycles. The first kappa shape index (κ1) is 12.1. The van der Waals surface area contributed by atoms with E-state index < -0.39 is 6.04 Å². The molecule has 1 rings (SSSR count). The molecule has 1 aromatic rings. The SMILES string of the molecule is CCC[C@@H](N)C(=O)Nc1ccncc1Br. The van der Waals surface area contributed by atoms with Gasteiger partial charge in [0.05, 0.1) is 16.2 Å². The first-order valence-electron chi connectivity index (χ1n) is 4.81. The van der Waals surface area contributed by atoms with E-state index in [1.54, 1.807) is 18.5 Å². The largest absolute Gasteiger partial charge is 0.324 e. The van der Waals surface area contributed by atoms with E-state index in [-0.39, 0.29) is 5.91 Å². The molecule has 0 saturated heterocycles. The molecule has 0 aliphatic carbocycles. The van der Waals surface area contributed by atoms with Gasteiger partial charge in [-0.15, -0.1) is 0 Å². The summed E-state index contributed by atoms with van der Waals surface area (Å²) in [6, 6.07) is 1.27. The number of carbonyl (C=O) groups is 1. The van der Waals surface area contributed by atoms with E-state index in [0.717, 1.165) is 10.9 Å². The molecule has 0 fully saturated rings. The molecule has 15 heavy (non-hydrogen) atoms. The highest BCUT2D eigenvalue weighted by Crippen LogP contribution is 2.19. The van der Waals surface area contributed by atoms with Crippen molar-refractivity contribution in [3.8, 4) is 0 Å². The van der Waals surface area contributed by atoms with Gasteiger partial charge < -0.3 is 11.1 Å². The summed E-state index contributed by atoms with van der Waals surface area (Å²) in [5.74, 6) is -0.163. The molecule has 0 unspecified atom stereocenters. The Morgan fingerprint density at radius 3 is 3.07 bits per heavy atom. The van der Waals surface area contributed by atoms with Crippen LogP contribution in [0, 0.1) is 0 Å². The minimum atomic E-state index is -0.449. The quantitative estimate of drug-likeness (QED) is 0.879. The Balaban J connectivity index is 2.62. The van der Waals surface area contributed by atoms with E-state index in [2.05, 4.69) is 26.2 Å². The fourth-order valence-electron chi connectivity index (χ4n) is 1.14. The molecule has 0 aliphatic rings. The maximum absolute atomic E-state index is 11.6. The highest BCUT2D eigenvalue weighted by Gasteiger charge is 2.13. The van der Waals surface area contributed by atoms with E-state index in [9.17, 15) is 4.79 Å². The highest BCUT2D eigenvalue weighted by molar-refractivity contribution is 9.10. The molecule has 0 aliphatic heterocycles. The van der Waals surface area contributed by atoms with Crippen LogP contribution in [-0.4, -0.2) is 16.9 Å². The standard InChI is InChI=1S/C10H14BrN3O/c1-2-3-8(12)10(15)14-9-4-5-13-6-7(9)11/h4-6,8H,2-3,12H2,1H3,(H,13,14,15)/t8-/m1/s1. The van der Waals surface area contributed by atoms with Crippen LogP contribution in [0.4, 0.5) is 5.69 Å². The van der Waals surface area contributed by atoms with Gasteiger partial charge in [0.1, 0.15) is 0 Å². The van der Waals surface area contributed by atoms with Crippen LogP contribution in [-0.2, 0) is 4.79 Å². The van der Waals surface area contributed by atoms with E-state index in [0.29, 0.717) is 12.1 Å². The van der Waals surface area contributed by atoms with Crippen molar-refractivity contribution in [2.24, 2.45) is 5.73 Å². The Morgan fingerprint density at radius 1 is 1.73 bits per heavy atom. The van der Waals surface area contributed by atoms with Crippen LogP contribution in [0.25, 0.3) is 0 Å². The Bertz CT molecular complexity index is 343. The number of aromatic nitrogens is 1. The Hall–Kier alpha value is -0.940. The zero-order valence-corrected chi connectivity index (χ0v) is 10.1. The van der Waals surface area contributed by atoms with E-state index in [4.69, 9.17) is 5.73 Å². The number of hydrogen-bond acceptors (Lipinski definition) is 3. The number of nitrogens with zero attached hydrogens (tertiary/aromatic N) is 1. The van der Waals surface area contributed by atoms with Gasteiger partial charge in [0.2, 0.25) is 5.91 Å². The molecule has 0 aromatic carbocycles. The number of amides is 1. The Labute approximate surface area is 97.4 Å². The van der Waals surface area contributed by atoms with Crippen molar-refractivity contribution < 1.29 is 4.79 Å². The van der Waals surface area contributed by atoms with E-state index >= 15 is 0 Å². The molecular formula is C10H14BrN3O. The summed E-state index contributed by atoms with van der Waals surface area (Å²) >= 11 is 3.29. The maximum Gasteiger partial charge on any atom is 0.241 e. The zero-order chi connectivity index (χ0) is 11.3. The summed E-state index contributed by atoms with van der Waals surface area (Å²) < 4.78 is 0.752. The first-order valence-corrected chi connectivity index (χ1v) is 5.60. The fourth-order valence-corrected chi connectivity index (χ4v) is 1.49. The van der Waals surface area contributed by atoms with Crippen molar-refractivity contribution in [3.63, 3.8) is 0 Å². The number of pyridine rings is 1. The second kappa shape index (κ2) is 5.82. The fraction of sp³-hybridized carbons (Fsp3) is 0.400. The van der Waals surface area contributed by atoms with Crippen molar-refractivity contribution in [1.82, 2.24) is 4.98 Å². The Kier molecular flexibility index (Phi) is 4.71. The number of halogens is 1. The monoisotopic (exact) mass is 271 g/mol. The zero-order valence-electron chi connectivity index (χ0n) is 8.53. The lowest BCUT2D eigenvalue weighted by Crippen LogP contribution is -2.35. The lowest BCUT2D eigenvalue weighted by Gasteiger charge is -2.11. The average molecular weight is 272 g/mol. The third-order valence-corrected chi connectivity index (χ3v) is 2.60. The lowest BCUT2D eigenvalue weighted by atomic mass is 10.1. The summed E-state index contributed by atoms with van der Waals surface area (Å²) in [7, 11) is 0. The second-order valence-electron chi connectivity index (χ2n) is 3.24. The summed E-state index contributed by atoms with van der Waals surface area (Å²) in [5, 5.41) is 2.74. The van der Waals surface area contributed by atoms with E-state index in [1.165, 1.54) is 0 Å². The molecular weight excluding hydrogens is 258 g/mol. The smallest absolute Gasteiger partial charge is 0.241 e. The van der Waals surface area contributed by atoms with Crippen LogP contribution in [0.1, 0.15) is 19.8 Å². The van der Waals surface area contributed by atoms with Crippen molar-refractivity contribution in [3.05, 3.63) is 22.9 Å². The lowest BCUT2D eigenvalue weighted by molar-refractivity contribution is -0.117. The van der Waals surface area contributed by atoms with Gasteiger partial charge in [-0.2, -0.15) is 0 Å². The molecule has 0 radical (unpaired) electrons. The summed E-state index contributed by atoms with van der Waals surface area (Å²) in [6.45, 7) is 2.00. The molecule has 0 saturated carbocycles. The number of anilines is 1. The van der Waals surface area contributed by atoms with Crippen LogP contribution in [0.5, 0.6) is 0 Å². The van der Waals surface area contributed by atoms with E-state index in [1.807, 2.05) is 6.92 Å². The van der Waals surface area contributed by atoms with Crippen LogP contribution in [0.3, 0.4) is 0 Å². The first-order chi connectivity index (χ1) is 7.15. The van der Waals surface area contributed by atoms with Gasteiger partial charge >= 0.3 is 0 Å². The van der Waals surface area contributed by atoms with Crippen LogP contribution in [0.15, 0.2) is 22.9 Å². The molecule has 0 spiro atoms. The van der Waals surface area contributed by atoms with Crippen molar-refractivity contribution in [1.29, 1.82) is 0 Å². The van der Waals surface area contributed by atoms with Crippen LogP contribution >= 0.6 is 15.9 Å². The summed E-state index contributed by atoms with van der Waals surface area (Å²) in [4.78, 5) is 15.5. The number of nitrogens with one attached hydrogen (secondary N) is 1. The molecule has 4 nitrogen and oxygen atoms in total. The molecule has 82 valence electrons. The number of carbonyl (C=O) groups excluding carboxylic acids is 1. The van der Waals surface area contributed by atoms with Gasteiger partial charge in [0.15, 0.2) is 0 Å². The minimum absolute atomic E-state index is 0.163. The molecule has 5 heteroatoms. The predicted molar refractivity (Wildman–Crippen MR) is 63.5 cm³/mol. The third kappa shape index (κ3) is 3.60. The van der Waals surface area contributed by atoms with Gasteiger partial charge in [0.25, 0.3) is 0 Å². The van der Waals surface area contributed by atoms with Crippen LogP contribution in [0.2, 0.25) is 0 Å². The normalized spacial score (nSPS) is 12.2. The summed E-state index contributed by atoms with van der Waals surface area (Å²) in [5.41, 5.74) is 6.38. The predicted octanol–water partition coefficient (Wildman–Crippen LogP) is 1.91. The summed E-state index contributed by atoms with van der Waals surface area (Å²) in [6.07, 6.45) is 4.83. The van der Waals surface area contributed by atoms with Crippen LogP contribution < -0.4 is 11.1 Å². The molecule has 1 amide bonds. The molecule has 1 aromatic heterocycles. The highest BCUT2D eigenvalue weighted by atomic mass is 79.9. The van der Waals surface area contributed by atoms with Crippen molar-refractivity contribution in [2.75, 3.05) is 5.32 Å². The molecule has 3 N–H and O–H groups in total. The molecule has 1 atom stereocenters. The van der Waals surface area contributed by atoms with Gasteiger partial charge in [-0.05, 0) is 28.4 Å². The average Bonchev–Trinajstić information content (AvgIpc) is 2.21. The number of rotatable bonds is 4.